The molecule has 1 heterocycles. The van der Waals surface area contributed by atoms with Gasteiger partial charge in [0.15, 0.2) is 0 Å². The first-order chi connectivity index (χ1) is 9.29. The molecule has 0 spiro atoms. The van der Waals surface area contributed by atoms with Gasteiger partial charge in [-0.25, -0.2) is 4.68 Å². The lowest BCUT2D eigenvalue weighted by molar-refractivity contribution is 0.269. The van der Waals surface area contributed by atoms with E-state index in [0.29, 0.717) is 16.9 Å². The molecule has 0 radical (unpaired) electrons. The van der Waals surface area contributed by atoms with Crippen LogP contribution in [0.15, 0.2) is 15.5 Å². The van der Waals surface area contributed by atoms with Gasteiger partial charge in [0.05, 0.1) is 11.9 Å². The highest BCUT2D eigenvalue weighted by Gasteiger charge is 2.22. The van der Waals surface area contributed by atoms with E-state index < -0.39 is 0 Å². The van der Waals surface area contributed by atoms with Crippen LogP contribution < -0.4 is 10.9 Å². The Hall–Kier alpha value is -0.840. The molecular formula is C15H26BrN3O. The standard InChI is InChI=1S/C15H26BrN3O/c1-6-7-8-19-14(20)13(16)12(9-18-19)17-10-15(4,5)11(2)3/h9,11,17H,6-8,10H2,1-5H3. The average molecular weight is 344 g/mol. The normalized spacial score (nSPS) is 11.9. The van der Waals surface area contributed by atoms with Gasteiger partial charge in [0, 0.05) is 13.1 Å². The molecule has 0 fully saturated rings. The molecule has 1 rings (SSSR count). The molecule has 4 nitrogen and oxygen atoms in total. The predicted octanol–water partition coefficient (Wildman–Crippen LogP) is 3.90. The molecule has 0 atom stereocenters. The van der Waals surface area contributed by atoms with Crippen molar-refractivity contribution in [2.75, 3.05) is 11.9 Å². The Morgan fingerprint density at radius 1 is 1.45 bits per heavy atom. The number of nitrogens with zero attached hydrogens (tertiary/aromatic N) is 2. The molecule has 0 aliphatic rings. The van der Waals surface area contributed by atoms with E-state index in [1.165, 1.54) is 4.68 Å². The van der Waals surface area contributed by atoms with Crippen molar-refractivity contribution >= 4 is 21.6 Å². The van der Waals surface area contributed by atoms with Crippen LogP contribution in [0.3, 0.4) is 0 Å². The van der Waals surface area contributed by atoms with Crippen LogP contribution in [0.4, 0.5) is 5.69 Å². The quantitative estimate of drug-likeness (QED) is 0.816. The van der Waals surface area contributed by atoms with Crippen LogP contribution in [0.2, 0.25) is 0 Å². The highest BCUT2D eigenvalue weighted by atomic mass is 79.9. The number of halogens is 1. The summed E-state index contributed by atoms with van der Waals surface area (Å²) in [7, 11) is 0. The lowest BCUT2D eigenvalue weighted by Gasteiger charge is -2.30. The molecule has 0 saturated carbocycles. The molecule has 0 amide bonds. The van der Waals surface area contributed by atoms with Gasteiger partial charge in [0.1, 0.15) is 4.47 Å². The number of aryl methyl sites for hydroxylation is 1. The monoisotopic (exact) mass is 343 g/mol. The minimum atomic E-state index is -0.0641. The Morgan fingerprint density at radius 3 is 2.65 bits per heavy atom. The predicted molar refractivity (Wildman–Crippen MR) is 88.2 cm³/mol. The van der Waals surface area contributed by atoms with Crippen molar-refractivity contribution in [2.45, 2.75) is 54.0 Å². The van der Waals surface area contributed by atoms with E-state index in [4.69, 9.17) is 0 Å². The average Bonchev–Trinajstić information content (AvgIpc) is 2.39. The molecule has 0 aromatic carbocycles. The van der Waals surface area contributed by atoms with Crippen molar-refractivity contribution in [1.29, 1.82) is 0 Å². The fraction of sp³-hybridized carbons (Fsp3) is 0.733. The lowest BCUT2D eigenvalue weighted by atomic mass is 9.81. The van der Waals surface area contributed by atoms with Gasteiger partial charge in [-0.2, -0.15) is 5.10 Å². The maximum absolute atomic E-state index is 12.2. The summed E-state index contributed by atoms with van der Waals surface area (Å²) in [5.74, 6) is 0.562. The van der Waals surface area contributed by atoms with Crippen molar-refractivity contribution in [1.82, 2.24) is 9.78 Å². The van der Waals surface area contributed by atoms with Gasteiger partial charge in [-0.1, -0.05) is 41.0 Å². The number of anilines is 1. The topological polar surface area (TPSA) is 46.9 Å². The van der Waals surface area contributed by atoms with Gasteiger partial charge in [-0.15, -0.1) is 0 Å². The summed E-state index contributed by atoms with van der Waals surface area (Å²) in [5.41, 5.74) is 0.874. The zero-order valence-corrected chi connectivity index (χ0v) is 14.7. The Morgan fingerprint density at radius 2 is 2.10 bits per heavy atom. The molecule has 0 bridgehead atoms. The van der Waals surface area contributed by atoms with Gasteiger partial charge in [0.2, 0.25) is 0 Å². The van der Waals surface area contributed by atoms with Crippen LogP contribution in [0.5, 0.6) is 0 Å². The summed E-state index contributed by atoms with van der Waals surface area (Å²) >= 11 is 3.39. The van der Waals surface area contributed by atoms with Crippen LogP contribution in [0, 0.1) is 11.3 Å². The Kier molecular flexibility index (Phi) is 6.24. The summed E-state index contributed by atoms with van der Waals surface area (Å²) in [6.07, 6.45) is 3.75. The first-order valence-corrected chi connectivity index (χ1v) is 8.08. The zero-order chi connectivity index (χ0) is 15.3. The van der Waals surface area contributed by atoms with Gasteiger partial charge in [-0.3, -0.25) is 4.79 Å². The number of unbranched alkanes of at least 4 members (excludes halogenated alkanes) is 1. The molecule has 1 aromatic rings. The molecule has 20 heavy (non-hydrogen) atoms. The summed E-state index contributed by atoms with van der Waals surface area (Å²) in [6.45, 7) is 12.4. The molecule has 1 aromatic heterocycles. The zero-order valence-electron chi connectivity index (χ0n) is 13.2. The second-order valence-corrected chi connectivity index (χ2v) is 7.04. The molecule has 0 aliphatic carbocycles. The third-order valence-corrected chi connectivity index (χ3v) is 4.77. The first-order valence-electron chi connectivity index (χ1n) is 7.29. The number of hydrogen-bond acceptors (Lipinski definition) is 3. The van der Waals surface area contributed by atoms with E-state index >= 15 is 0 Å². The second-order valence-electron chi connectivity index (χ2n) is 6.25. The largest absolute Gasteiger partial charge is 0.382 e. The minimum Gasteiger partial charge on any atom is -0.382 e. The number of hydrogen-bond donors (Lipinski definition) is 1. The van der Waals surface area contributed by atoms with Crippen LogP contribution in [0.1, 0.15) is 47.5 Å². The van der Waals surface area contributed by atoms with Gasteiger partial charge >= 0.3 is 0 Å². The van der Waals surface area contributed by atoms with E-state index in [1.54, 1.807) is 6.20 Å². The summed E-state index contributed by atoms with van der Waals surface area (Å²) in [6, 6.07) is 0. The third-order valence-electron chi connectivity index (χ3n) is 4.01. The highest BCUT2D eigenvalue weighted by molar-refractivity contribution is 9.10. The fourth-order valence-electron chi connectivity index (χ4n) is 1.58. The smallest absolute Gasteiger partial charge is 0.283 e. The van der Waals surface area contributed by atoms with Crippen molar-refractivity contribution in [3.05, 3.63) is 21.0 Å². The second kappa shape index (κ2) is 7.25. The SMILES string of the molecule is CCCCn1ncc(NCC(C)(C)C(C)C)c(Br)c1=O. The molecule has 0 unspecified atom stereocenters. The van der Waals surface area contributed by atoms with E-state index in [9.17, 15) is 4.79 Å². The van der Waals surface area contributed by atoms with Gasteiger partial charge in [0.25, 0.3) is 5.56 Å². The Balaban J connectivity index is 2.83. The van der Waals surface area contributed by atoms with Crippen LogP contribution in [0.25, 0.3) is 0 Å². The van der Waals surface area contributed by atoms with Crippen molar-refractivity contribution in [3.8, 4) is 0 Å². The molecule has 0 saturated heterocycles. The van der Waals surface area contributed by atoms with Crippen LogP contribution in [-0.4, -0.2) is 16.3 Å². The van der Waals surface area contributed by atoms with E-state index in [1.807, 2.05) is 0 Å². The number of aromatic nitrogens is 2. The van der Waals surface area contributed by atoms with Crippen LogP contribution in [-0.2, 0) is 6.54 Å². The summed E-state index contributed by atoms with van der Waals surface area (Å²) < 4.78 is 2.09. The number of rotatable bonds is 7. The highest BCUT2D eigenvalue weighted by Crippen LogP contribution is 2.27. The molecule has 5 heteroatoms. The molecular weight excluding hydrogens is 318 g/mol. The third kappa shape index (κ3) is 4.33. The van der Waals surface area contributed by atoms with E-state index in [2.05, 4.69) is 61.0 Å². The molecule has 0 aliphatic heterocycles. The minimum absolute atomic E-state index is 0.0641. The van der Waals surface area contributed by atoms with Gasteiger partial charge in [-0.05, 0) is 33.7 Å². The van der Waals surface area contributed by atoms with Crippen LogP contribution >= 0.6 is 15.9 Å². The maximum Gasteiger partial charge on any atom is 0.283 e. The lowest BCUT2D eigenvalue weighted by Crippen LogP contribution is -2.30. The Bertz CT molecular complexity index is 494. The summed E-state index contributed by atoms with van der Waals surface area (Å²) in [5, 5.41) is 7.57. The van der Waals surface area contributed by atoms with E-state index in [0.717, 1.165) is 25.1 Å². The van der Waals surface area contributed by atoms with Gasteiger partial charge < -0.3 is 5.32 Å². The van der Waals surface area contributed by atoms with E-state index in [-0.39, 0.29) is 11.0 Å². The van der Waals surface area contributed by atoms with Crippen molar-refractivity contribution in [2.24, 2.45) is 11.3 Å². The molecule has 1 N–H and O–H groups in total. The molecule has 114 valence electrons. The number of nitrogens with one attached hydrogen (secondary N) is 1. The van der Waals surface area contributed by atoms with Crippen molar-refractivity contribution in [3.63, 3.8) is 0 Å². The van der Waals surface area contributed by atoms with Crippen molar-refractivity contribution < 1.29 is 0 Å². The fourth-order valence-corrected chi connectivity index (χ4v) is 2.03. The maximum atomic E-state index is 12.2. The Labute approximate surface area is 130 Å². The summed E-state index contributed by atoms with van der Waals surface area (Å²) in [4.78, 5) is 12.2. The first kappa shape index (κ1) is 17.2.